The first kappa shape index (κ1) is 23.1. The highest BCUT2D eigenvalue weighted by atomic mass is 16.5. The Kier molecular flexibility index (Phi) is 7.86. The van der Waals surface area contributed by atoms with Crippen molar-refractivity contribution in [2.75, 3.05) is 53.6 Å². The van der Waals surface area contributed by atoms with Gasteiger partial charge in [-0.05, 0) is 30.7 Å². The fourth-order valence-corrected chi connectivity index (χ4v) is 4.49. The van der Waals surface area contributed by atoms with E-state index in [1.165, 1.54) is 0 Å². The third-order valence-corrected chi connectivity index (χ3v) is 6.28. The lowest BCUT2D eigenvalue weighted by atomic mass is 9.87. The number of hydrogen-bond acceptors (Lipinski definition) is 5. The Labute approximate surface area is 195 Å². The second kappa shape index (κ2) is 11.2. The van der Waals surface area contributed by atoms with Crippen LogP contribution in [0.15, 0.2) is 48.7 Å². The van der Waals surface area contributed by atoms with Gasteiger partial charge in [-0.2, -0.15) is 0 Å². The molecule has 176 valence electrons. The maximum atomic E-state index is 13.0. The van der Waals surface area contributed by atoms with Crippen LogP contribution in [0.2, 0.25) is 0 Å². The number of para-hydroxylation sites is 1. The number of benzene rings is 2. The minimum absolute atomic E-state index is 0.0325. The van der Waals surface area contributed by atoms with Crippen LogP contribution in [0.3, 0.4) is 0 Å². The third kappa shape index (κ3) is 5.67. The lowest BCUT2D eigenvalue weighted by molar-refractivity contribution is -0.121. The fourth-order valence-electron chi connectivity index (χ4n) is 4.49. The normalized spacial score (nSPS) is 15.3. The quantitative estimate of drug-likeness (QED) is 0.461. The van der Waals surface area contributed by atoms with E-state index in [0.717, 1.165) is 67.0 Å². The van der Waals surface area contributed by atoms with Gasteiger partial charge in [0.1, 0.15) is 11.5 Å². The number of carbonyl (C=O) groups excluding carboxylic acids is 1. The second-order valence-electron chi connectivity index (χ2n) is 8.31. The zero-order chi connectivity index (χ0) is 23.0. The minimum atomic E-state index is -0.152. The van der Waals surface area contributed by atoms with Gasteiger partial charge in [0.2, 0.25) is 5.91 Å². The molecule has 1 amide bonds. The van der Waals surface area contributed by atoms with E-state index in [0.29, 0.717) is 18.7 Å². The van der Waals surface area contributed by atoms with Crippen molar-refractivity contribution in [2.45, 2.75) is 18.8 Å². The van der Waals surface area contributed by atoms with Crippen molar-refractivity contribution in [1.29, 1.82) is 0 Å². The number of hydrogen-bond donors (Lipinski definition) is 2. The van der Waals surface area contributed by atoms with Gasteiger partial charge in [0.25, 0.3) is 0 Å². The number of carbonyl (C=O) groups is 1. The molecule has 1 aromatic heterocycles. The van der Waals surface area contributed by atoms with E-state index < -0.39 is 0 Å². The summed E-state index contributed by atoms with van der Waals surface area (Å²) in [5.74, 6) is 1.32. The molecule has 2 aromatic carbocycles. The summed E-state index contributed by atoms with van der Waals surface area (Å²) >= 11 is 0. The number of nitrogens with one attached hydrogen (secondary N) is 2. The molecule has 33 heavy (non-hydrogen) atoms. The van der Waals surface area contributed by atoms with Crippen LogP contribution < -0.4 is 14.8 Å². The molecule has 1 saturated heterocycles. The van der Waals surface area contributed by atoms with Crippen molar-refractivity contribution in [3.8, 4) is 11.5 Å². The van der Waals surface area contributed by atoms with Crippen molar-refractivity contribution < 1.29 is 19.0 Å². The highest BCUT2D eigenvalue weighted by Gasteiger charge is 2.24. The lowest BCUT2D eigenvalue weighted by Gasteiger charge is -2.26. The molecule has 7 nitrogen and oxygen atoms in total. The van der Waals surface area contributed by atoms with E-state index in [4.69, 9.17) is 14.2 Å². The zero-order valence-corrected chi connectivity index (χ0v) is 19.4. The van der Waals surface area contributed by atoms with Crippen LogP contribution in [-0.4, -0.2) is 69.4 Å². The first-order chi connectivity index (χ1) is 16.2. The number of morpholine rings is 1. The molecule has 0 bridgehead atoms. The van der Waals surface area contributed by atoms with E-state index in [1.807, 2.05) is 42.6 Å². The molecule has 3 aromatic rings. The van der Waals surface area contributed by atoms with E-state index in [1.54, 1.807) is 14.2 Å². The molecule has 2 heterocycles. The Morgan fingerprint density at radius 2 is 1.94 bits per heavy atom. The molecule has 1 unspecified atom stereocenters. The van der Waals surface area contributed by atoms with E-state index in [9.17, 15) is 4.79 Å². The Morgan fingerprint density at radius 3 is 2.73 bits per heavy atom. The Bertz CT molecular complexity index is 1060. The molecule has 0 radical (unpaired) electrons. The summed E-state index contributed by atoms with van der Waals surface area (Å²) in [4.78, 5) is 18.7. The average Bonchev–Trinajstić information content (AvgIpc) is 3.29. The van der Waals surface area contributed by atoms with Gasteiger partial charge < -0.3 is 24.5 Å². The monoisotopic (exact) mass is 451 g/mol. The number of methoxy groups -OCH3 is 2. The van der Waals surface area contributed by atoms with Gasteiger partial charge in [-0.3, -0.25) is 9.69 Å². The summed E-state index contributed by atoms with van der Waals surface area (Å²) < 4.78 is 16.5. The first-order valence-corrected chi connectivity index (χ1v) is 11.5. The van der Waals surface area contributed by atoms with Crippen molar-refractivity contribution in [1.82, 2.24) is 15.2 Å². The third-order valence-electron chi connectivity index (χ3n) is 6.28. The second-order valence-corrected chi connectivity index (χ2v) is 8.31. The summed E-state index contributed by atoms with van der Waals surface area (Å²) in [5, 5.41) is 4.23. The predicted molar refractivity (Wildman–Crippen MR) is 129 cm³/mol. The predicted octanol–water partition coefficient (Wildman–Crippen LogP) is 3.55. The Hall–Kier alpha value is -3.03. The fraction of sp³-hybridized carbons (Fsp3) is 0.423. The largest absolute Gasteiger partial charge is 0.497 e. The van der Waals surface area contributed by atoms with E-state index in [2.05, 4.69) is 21.3 Å². The summed E-state index contributed by atoms with van der Waals surface area (Å²) in [6.07, 6.45) is 3.27. The van der Waals surface area contributed by atoms with Gasteiger partial charge in [0.05, 0.1) is 27.4 Å². The first-order valence-electron chi connectivity index (χ1n) is 11.5. The van der Waals surface area contributed by atoms with E-state index in [-0.39, 0.29) is 11.8 Å². The van der Waals surface area contributed by atoms with Crippen LogP contribution in [0.4, 0.5) is 0 Å². The summed E-state index contributed by atoms with van der Waals surface area (Å²) in [5.41, 5.74) is 3.10. The van der Waals surface area contributed by atoms with Crippen molar-refractivity contribution >= 4 is 16.8 Å². The van der Waals surface area contributed by atoms with Gasteiger partial charge >= 0.3 is 0 Å². The van der Waals surface area contributed by atoms with Gasteiger partial charge in [-0.15, -0.1) is 0 Å². The summed E-state index contributed by atoms with van der Waals surface area (Å²) in [6.45, 7) is 5.16. The number of nitrogens with zero attached hydrogens (tertiary/aromatic N) is 1. The lowest BCUT2D eigenvalue weighted by Crippen LogP contribution is -2.38. The summed E-state index contributed by atoms with van der Waals surface area (Å²) in [7, 11) is 3.28. The highest BCUT2D eigenvalue weighted by Crippen LogP contribution is 2.39. The number of H-pyrrole nitrogens is 1. The molecule has 0 saturated carbocycles. The van der Waals surface area contributed by atoms with Gasteiger partial charge in [-0.25, -0.2) is 0 Å². The van der Waals surface area contributed by atoms with Crippen LogP contribution in [-0.2, 0) is 9.53 Å². The SMILES string of the molecule is COc1ccc(C(CC(=O)NCCCN2CCOCC2)c2c[nH]c3ccccc23)c(OC)c1. The number of ether oxygens (including phenoxy) is 3. The molecule has 7 heteroatoms. The maximum Gasteiger partial charge on any atom is 0.220 e. The molecule has 2 N–H and O–H groups in total. The Morgan fingerprint density at radius 1 is 1.12 bits per heavy atom. The van der Waals surface area contributed by atoms with Crippen LogP contribution in [0.5, 0.6) is 11.5 Å². The molecular weight excluding hydrogens is 418 g/mol. The van der Waals surface area contributed by atoms with Gasteiger partial charge in [-0.1, -0.05) is 24.3 Å². The van der Waals surface area contributed by atoms with Crippen molar-refractivity contribution in [3.63, 3.8) is 0 Å². The topological polar surface area (TPSA) is 75.8 Å². The number of rotatable bonds is 10. The molecule has 1 fully saturated rings. The minimum Gasteiger partial charge on any atom is -0.497 e. The van der Waals surface area contributed by atoms with Gasteiger partial charge in [0, 0.05) is 60.7 Å². The van der Waals surface area contributed by atoms with Gasteiger partial charge in [0.15, 0.2) is 0 Å². The number of aromatic nitrogens is 1. The molecular formula is C26H33N3O4. The molecule has 0 spiro atoms. The smallest absolute Gasteiger partial charge is 0.220 e. The molecule has 1 aliphatic heterocycles. The Balaban J connectivity index is 1.50. The molecule has 4 rings (SSSR count). The van der Waals surface area contributed by atoms with Crippen LogP contribution >= 0.6 is 0 Å². The molecule has 1 atom stereocenters. The van der Waals surface area contributed by atoms with E-state index >= 15 is 0 Å². The molecule has 0 aliphatic carbocycles. The van der Waals surface area contributed by atoms with Crippen molar-refractivity contribution in [3.05, 3.63) is 59.8 Å². The van der Waals surface area contributed by atoms with Crippen LogP contribution in [0, 0.1) is 0 Å². The molecule has 1 aliphatic rings. The number of aromatic amines is 1. The zero-order valence-electron chi connectivity index (χ0n) is 19.4. The van der Waals surface area contributed by atoms with Crippen molar-refractivity contribution in [2.24, 2.45) is 0 Å². The average molecular weight is 452 g/mol. The summed E-state index contributed by atoms with van der Waals surface area (Å²) in [6, 6.07) is 13.9. The number of amides is 1. The standard InChI is InChI=1S/C26H33N3O4/c1-31-19-8-9-21(25(16-19)32-2)22(23-18-28-24-7-4-3-6-20(23)24)17-26(30)27-10-5-11-29-12-14-33-15-13-29/h3-4,6-9,16,18,22,28H,5,10-15,17H2,1-2H3,(H,27,30). The van der Waals surface area contributed by atoms with Crippen LogP contribution in [0.1, 0.15) is 29.9 Å². The van der Waals surface area contributed by atoms with Crippen LogP contribution in [0.25, 0.3) is 10.9 Å². The number of fused-ring (bicyclic) bond motifs is 1. The maximum absolute atomic E-state index is 13.0. The highest BCUT2D eigenvalue weighted by molar-refractivity contribution is 5.86.